The van der Waals surface area contributed by atoms with Crippen molar-refractivity contribution in [2.24, 2.45) is 0 Å². The minimum Gasteiger partial charge on any atom is -0.497 e. The maximum Gasteiger partial charge on any atom is 0.272 e. The van der Waals surface area contributed by atoms with E-state index in [1.807, 2.05) is 6.92 Å². The van der Waals surface area contributed by atoms with Crippen LogP contribution in [0.5, 0.6) is 5.75 Å². The number of piperidine rings is 1. The normalized spacial score (nSPS) is 18.2. The SMILES string of the molecule is CCc1cc(=O)n2[nH]c(C3CCCCN3S(=O)(=O)c3ccc(OC)cc3)cc2n1. The Morgan fingerprint density at radius 3 is 2.66 bits per heavy atom. The van der Waals surface area contributed by atoms with Crippen molar-refractivity contribution in [1.29, 1.82) is 0 Å². The summed E-state index contributed by atoms with van der Waals surface area (Å²) in [4.78, 5) is 17.1. The molecule has 154 valence electrons. The first-order valence-electron chi connectivity index (χ1n) is 9.71. The standard InChI is InChI=1S/C20H24N4O4S/c1-3-14-12-20(25)24-19(21-14)13-17(22-24)18-6-4-5-11-23(18)29(26,27)16-9-7-15(28-2)8-10-16/h7-10,12-13,18,22H,3-6,11H2,1-2H3. The predicted molar refractivity (Wildman–Crippen MR) is 109 cm³/mol. The summed E-state index contributed by atoms with van der Waals surface area (Å²) in [5, 5.41) is 3.07. The lowest BCUT2D eigenvalue weighted by atomic mass is 10.0. The molecule has 1 fully saturated rings. The summed E-state index contributed by atoms with van der Waals surface area (Å²) >= 11 is 0. The van der Waals surface area contributed by atoms with Gasteiger partial charge in [0.2, 0.25) is 10.0 Å². The summed E-state index contributed by atoms with van der Waals surface area (Å²) in [6, 6.07) is 9.32. The summed E-state index contributed by atoms with van der Waals surface area (Å²) in [7, 11) is -2.15. The van der Waals surface area contributed by atoms with Crippen LogP contribution in [0.25, 0.3) is 5.65 Å². The van der Waals surface area contributed by atoms with Crippen LogP contribution in [0, 0.1) is 0 Å². The zero-order valence-electron chi connectivity index (χ0n) is 16.5. The average molecular weight is 417 g/mol. The molecular formula is C20H24N4O4S. The molecule has 8 nitrogen and oxygen atoms in total. The van der Waals surface area contributed by atoms with Crippen LogP contribution < -0.4 is 10.3 Å². The van der Waals surface area contributed by atoms with Gasteiger partial charge in [0.15, 0.2) is 5.65 Å². The van der Waals surface area contributed by atoms with E-state index in [4.69, 9.17) is 4.74 Å². The lowest BCUT2D eigenvalue weighted by Crippen LogP contribution is -2.38. The van der Waals surface area contributed by atoms with Gasteiger partial charge in [0.05, 0.1) is 23.7 Å². The van der Waals surface area contributed by atoms with Gasteiger partial charge < -0.3 is 4.74 Å². The molecule has 3 heterocycles. The third-order valence-electron chi connectivity index (χ3n) is 5.36. The lowest BCUT2D eigenvalue weighted by Gasteiger charge is -2.34. The molecule has 0 amide bonds. The second kappa shape index (κ2) is 7.64. The Morgan fingerprint density at radius 1 is 1.21 bits per heavy atom. The van der Waals surface area contributed by atoms with Crippen molar-refractivity contribution in [3.05, 3.63) is 58.1 Å². The van der Waals surface area contributed by atoms with Crippen LogP contribution in [0.1, 0.15) is 43.6 Å². The molecule has 2 aromatic heterocycles. The first-order valence-corrected chi connectivity index (χ1v) is 11.2. The molecule has 3 aromatic rings. The molecule has 1 atom stereocenters. The number of ether oxygens (including phenoxy) is 1. The highest BCUT2D eigenvalue weighted by atomic mass is 32.2. The Kier molecular flexibility index (Phi) is 5.18. The number of aromatic nitrogens is 3. The van der Waals surface area contributed by atoms with E-state index in [0.717, 1.165) is 12.8 Å². The van der Waals surface area contributed by atoms with Gasteiger partial charge in [-0.1, -0.05) is 13.3 Å². The van der Waals surface area contributed by atoms with Gasteiger partial charge in [-0.15, -0.1) is 0 Å². The van der Waals surface area contributed by atoms with E-state index in [2.05, 4.69) is 10.1 Å². The maximum absolute atomic E-state index is 13.3. The molecule has 1 unspecified atom stereocenters. The third-order valence-corrected chi connectivity index (χ3v) is 7.29. The Bertz CT molecular complexity index is 1180. The highest BCUT2D eigenvalue weighted by molar-refractivity contribution is 7.89. The van der Waals surface area contributed by atoms with Crippen molar-refractivity contribution in [2.45, 2.75) is 43.5 Å². The average Bonchev–Trinajstić information content (AvgIpc) is 3.18. The second-order valence-electron chi connectivity index (χ2n) is 7.15. The van der Waals surface area contributed by atoms with Gasteiger partial charge in [-0.2, -0.15) is 4.31 Å². The van der Waals surface area contributed by atoms with Gasteiger partial charge in [-0.05, 0) is 43.5 Å². The number of fused-ring (bicyclic) bond motifs is 1. The molecule has 0 aliphatic carbocycles. The van der Waals surface area contributed by atoms with Crippen molar-refractivity contribution in [1.82, 2.24) is 18.9 Å². The van der Waals surface area contributed by atoms with Crippen LogP contribution in [-0.2, 0) is 16.4 Å². The minimum atomic E-state index is -3.69. The van der Waals surface area contributed by atoms with Crippen molar-refractivity contribution in [2.75, 3.05) is 13.7 Å². The first kappa shape index (κ1) is 19.7. The van der Waals surface area contributed by atoms with Gasteiger partial charge in [-0.3, -0.25) is 9.89 Å². The van der Waals surface area contributed by atoms with Crippen LogP contribution in [0.15, 0.2) is 46.1 Å². The van der Waals surface area contributed by atoms with E-state index >= 15 is 0 Å². The maximum atomic E-state index is 13.3. The topological polar surface area (TPSA) is 96.8 Å². The Labute approximate surface area is 169 Å². The summed E-state index contributed by atoms with van der Waals surface area (Å²) in [5.74, 6) is 0.604. The third kappa shape index (κ3) is 3.56. The summed E-state index contributed by atoms with van der Waals surface area (Å²) in [6.07, 6.45) is 3.05. The fourth-order valence-electron chi connectivity index (χ4n) is 3.80. The van der Waals surface area contributed by atoms with Crippen LogP contribution in [0.4, 0.5) is 0 Å². The molecule has 29 heavy (non-hydrogen) atoms. The largest absolute Gasteiger partial charge is 0.497 e. The first-order chi connectivity index (χ1) is 13.9. The van der Waals surface area contributed by atoms with E-state index in [0.29, 0.717) is 42.2 Å². The molecule has 1 aromatic carbocycles. The number of methoxy groups -OCH3 is 1. The second-order valence-corrected chi connectivity index (χ2v) is 9.04. The quantitative estimate of drug-likeness (QED) is 0.689. The summed E-state index contributed by atoms with van der Waals surface area (Å²) in [6.45, 7) is 2.37. The number of sulfonamides is 1. The predicted octanol–water partition coefficient (Wildman–Crippen LogP) is 2.51. The molecule has 0 radical (unpaired) electrons. The number of aromatic amines is 1. The number of H-pyrrole nitrogens is 1. The van der Waals surface area contributed by atoms with Gasteiger partial charge >= 0.3 is 0 Å². The summed E-state index contributed by atoms with van der Waals surface area (Å²) in [5.41, 5.74) is 1.71. The number of hydrogen-bond donors (Lipinski definition) is 1. The molecule has 9 heteroatoms. The van der Waals surface area contributed by atoms with Crippen molar-refractivity contribution < 1.29 is 13.2 Å². The minimum absolute atomic E-state index is 0.196. The van der Waals surface area contributed by atoms with Crippen molar-refractivity contribution >= 4 is 15.7 Å². The molecule has 0 bridgehead atoms. The van der Waals surface area contributed by atoms with E-state index in [1.165, 1.54) is 14.9 Å². The molecule has 4 rings (SSSR count). The number of nitrogens with zero attached hydrogens (tertiary/aromatic N) is 3. The zero-order chi connectivity index (χ0) is 20.6. The van der Waals surface area contributed by atoms with Gasteiger partial charge in [-0.25, -0.2) is 17.9 Å². The number of aryl methyl sites for hydroxylation is 1. The monoisotopic (exact) mass is 416 g/mol. The van der Waals surface area contributed by atoms with E-state index in [-0.39, 0.29) is 16.5 Å². The van der Waals surface area contributed by atoms with Crippen LogP contribution in [-0.4, -0.2) is 41.0 Å². The summed E-state index contributed by atoms with van der Waals surface area (Å²) < 4.78 is 34.7. The fourth-order valence-corrected chi connectivity index (χ4v) is 5.47. The lowest BCUT2D eigenvalue weighted by molar-refractivity contribution is 0.251. The van der Waals surface area contributed by atoms with Gasteiger partial charge in [0, 0.05) is 24.4 Å². The molecule has 0 spiro atoms. The van der Waals surface area contributed by atoms with Crippen LogP contribution in [0.2, 0.25) is 0 Å². The van der Waals surface area contributed by atoms with Crippen LogP contribution >= 0.6 is 0 Å². The fraction of sp³-hybridized carbons (Fsp3) is 0.400. The molecule has 1 aliphatic rings. The Balaban J connectivity index is 1.75. The number of benzene rings is 1. The number of rotatable bonds is 5. The molecular weight excluding hydrogens is 392 g/mol. The zero-order valence-corrected chi connectivity index (χ0v) is 17.3. The molecule has 1 N–H and O–H groups in total. The molecule has 1 aliphatic heterocycles. The highest BCUT2D eigenvalue weighted by Gasteiger charge is 2.35. The number of hydrogen-bond acceptors (Lipinski definition) is 5. The van der Waals surface area contributed by atoms with E-state index < -0.39 is 10.0 Å². The van der Waals surface area contributed by atoms with Crippen LogP contribution in [0.3, 0.4) is 0 Å². The number of nitrogens with one attached hydrogen (secondary N) is 1. The van der Waals surface area contributed by atoms with Crippen molar-refractivity contribution in [3.8, 4) is 5.75 Å². The Hall–Kier alpha value is -2.65. The molecule has 0 saturated carbocycles. The smallest absolute Gasteiger partial charge is 0.272 e. The van der Waals surface area contributed by atoms with Gasteiger partial charge in [0.25, 0.3) is 5.56 Å². The van der Waals surface area contributed by atoms with E-state index in [1.54, 1.807) is 37.4 Å². The Morgan fingerprint density at radius 2 is 1.97 bits per heavy atom. The van der Waals surface area contributed by atoms with Crippen molar-refractivity contribution in [3.63, 3.8) is 0 Å². The van der Waals surface area contributed by atoms with E-state index in [9.17, 15) is 13.2 Å². The van der Waals surface area contributed by atoms with Gasteiger partial charge in [0.1, 0.15) is 5.75 Å². The molecule has 1 saturated heterocycles. The highest BCUT2D eigenvalue weighted by Crippen LogP contribution is 2.35.